The predicted octanol–water partition coefficient (Wildman–Crippen LogP) is 3.87. The van der Waals surface area contributed by atoms with Crippen molar-refractivity contribution < 1.29 is 14.3 Å². The maximum atomic E-state index is 12.3. The Morgan fingerprint density at radius 2 is 1.57 bits per heavy atom. The van der Waals surface area contributed by atoms with Crippen LogP contribution in [0.4, 0.5) is 5.69 Å². The first-order valence-corrected chi connectivity index (χ1v) is 8.97. The van der Waals surface area contributed by atoms with Crippen LogP contribution in [0.5, 0.6) is 0 Å². The second kappa shape index (κ2) is 9.48. The van der Waals surface area contributed by atoms with Gasteiger partial charge in [0.2, 0.25) is 5.91 Å². The van der Waals surface area contributed by atoms with Crippen molar-refractivity contribution in [2.75, 3.05) is 19.0 Å². The summed E-state index contributed by atoms with van der Waals surface area (Å²) in [6, 6.07) is 24.6. The molecule has 0 aliphatic heterocycles. The number of hydrogen-bond acceptors (Lipinski definition) is 3. The highest BCUT2D eigenvalue weighted by molar-refractivity contribution is 5.99. The summed E-state index contributed by atoms with van der Waals surface area (Å²) in [5, 5.41) is 5.41. The van der Waals surface area contributed by atoms with Gasteiger partial charge >= 0.3 is 0 Å². The molecule has 28 heavy (non-hydrogen) atoms. The zero-order valence-electron chi connectivity index (χ0n) is 15.6. The molecule has 3 rings (SSSR count). The highest BCUT2D eigenvalue weighted by atomic mass is 16.5. The zero-order chi connectivity index (χ0) is 19.8. The van der Waals surface area contributed by atoms with E-state index in [1.807, 2.05) is 60.7 Å². The van der Waals surface area contributed by atoms with Gasteiger partial charge in [-0.3, -0.25) is 9.59 Å². The molecule has 0 heterocycles. The van der Waals surface area contributed by atoms with E-state index in [0.29, 0.717) is 17.9 Å². The number of ether oxygens (including phenoxy) is 1. The molecule has 0 spiro atoms. The summed E-state index contributed by atoms with van der Waals surface area (Å²) in [7, 11) is 1.62. The SMILES string of the molecule is COCc1cccc(NC(=O)CNC(=O)c2ccc(-c3ccccc3)cc2)c1. The molecule has 0 unspecified atom stereocenters. The molecule has 3 aromatic rings. The van der Waals surface area contributed by atoms with E-state index < -0.39 is 0 Å². The monoisotopic (exact) mass is 374 g/mol. The van der Waals surface area contributed by atoms with E-state index >= 15 is 0 Å². The third-order valence-electron chi connectivity index (χ3n) is 4.19. The molecule has 3 aromatic carbocycles. The smallest absolute Gasteiger partial charge is 0.251 e. The topological polar surface area (TPSA) is 67.4 Å². The van der Waals surface area contributed by atoms with E-state index in [1.165, 1.54) is 0 Å². The van der Waals surface area contributed by atoms with E-state index in [-0.39, 0.29) is 18.4 Å². The summed E-state index contributed by atoms with van der Waals surface area (Å²) in [5.74, 6) is -0.577. The number of rotatable bonds is 7. The van der Waals surface area contributed by atoms with Gasteiger partial charge in [-0.05, 0) is 41.0 Å². The number of methoxy groups -OCH3 is 1. The maximum absolute atomic E-state index is 12.3. The fourth-order valence-electron chi connectivity index (χ4n) is 2.82. The molecule has 5 heteroatoms. The summed E-state index contributed by atoms with van der Waals surface area (Å²) < 4.78 is 5.08. The van der Waals surface area contributed by atoms with E-state index in [9.17, 15) is 9.59 Å². The van der Waals surface area contributed by atoms with Gasteiger partial charge < -0.3 is 15.4 Å². The maximum Gasteiger partial charge on any atom is 0.251 e. The summed E-state index contributed by atoms with van der Waals surface area (Å²) in [5.41, 5.74) is 4.26. The highest BCUT2D eigenvalue weighted by Gasteiger charge is 2.09. The Hall–Kier alpha value is -3.44. The fraction of sp³-hybridized carbons (Fsp3) is 0.130. The molecule has 0 aromatic heterocycles. The van der Waals surface area contributed by atoms with Crippen LogP contribution < -0.4 is 10.6 Å². The number of carbonyl (C=O) groups is 2. The molecule has 5 nitrogen and oxygen atoms in total. The molecule has 0 radical (unpaired) electrons. The van der Waals surface area contributed by atoms with Crippen LogP contribution in [-0.2, 0) is 16.1 Å². The van der Waals surface area contributed by atoms with Crippen molar-refractivity contribution in [2.24, 2.45) is 0 Å². The van der Waals surface area contributed by atoms with Gasteiger partial charge in [-0.1, -0.05) is 54.6 Å². The Labute approximate surface area is 164 Å². The van der Waals surface area contributed by atoms with Crippen molar-refractivity contribution in [1.29, 1.82) is 0 Å². The molecule has 0 atom stereocenters. The second-order valence-corrected chi connectivity index (χ2v) is 6.31. The number of carbonyl (C=O) groups excluding carboxylic acids is 2. The zero-order valence-corrected chi connectivity index (χ0v) is 15.6. The van der Waals surface area contributed by atoms with Crippen molar-refractivity contribution in [1.82, 2.24) is 5.32 Å². The first-order chi connectivity index (χ1) is 13.7. The van der Waals surface area contributed by atoms with Crippen LogP contribution in [0.25, 0.3) is 11.1 Å². The van der Waals surface area contributed by atoms with E-state index in [1.54, 1.807) is 25.3 Å². The van der Waals surface area contributed by atoms with E-state index in [0.717, 1.165) is 16.7 Å². The Balaban J connectivity index is 1.53. The molecule has 0 fully saturated rings. The number of nitrogens with one attached hydrogen (secondary N) is 2. The van der Waals surface area contributed by atoms with E-state index in [2.05, 4.69) is 10.6 Å². The van der Waals surface area contributed by atoms with Gasteiger partial charge in [0.1, 0.15) is 0 Å². The Morgan fingerprint density at radius 3 is 2.29 bits per heavy atom. The molecular formula is C23H22N2O3. The van der Waals surface area contributed by atoms with Crippen molar-refractivity contribution in [3.63, 3.8) is 0 Å². The number of benzene rings is 3. The van der Waals surface area contributed by atoms with Gasteiger partial charge in [0, 0.05) is 18.4 Å². The minimum atomic E-state index is -0.289. The number of hydrogen-bond donors (Lipinski definition) is 2. The molecule has 2 N–H and O–H groups in total. The van der Waals surface area contributed by atoms with Crippen LogP contribution >= 0.6 is 0 Å². The van der Waals surface area contributed by atoms with Gasteiger partial charge in [-0.2, -0.15) is 0 Å². The Morgan fingerprint density at radius 1 is 0.857 bits per heavy atom. The molecule has 0 bridgehead atoms. The number of amides is 2. The lowest BCUT2D eigenvalue weighted by Crippen LogP contribution is -2.32. The molecular weight excluding hydrogens is 352 g/mol. The molecule has 142 valence electrons. The number of anilines is 1. The minimum absolute atomic E-state index is 0.103. The Bertz CT molecular complexity index is 938. The molecule has 2 amide bonds. The third kappa shape index (κ3) is 5.28. The minimum Gasteiger partial charge on any atom is -0.380 e. The lowest BCUT2D eigenvalue weighted by molar-refractivity contribution is -0.115. The molecule has 0 aliphatic carbocycles. The Kier molecular flexibility index (Phi) is 6.54. The van der Waals surface area contributed by atoms with Crippen molar-refractivity contribution in [2.45, 2.75) is 6.61 Å². The third-order valence-corrected chi connectivity index (χ3v) is 4.19. The quantitative estimate of drug-likeness (QED) is 0.660. The predicted molar refractivity (Wildman–Crippen MR) is 110 cm³/mol. The van der Waals surface area contributed by atoms with Crippen LogP contribution in [0.15, 0.2) is 78.9 Å². The molecule has 0 aliphatic rings. The van der Waals surface area contributed by atoms with Crippen LogP contribution in [-0.4, -0.2) is 25.5 Å². The van der Waals surface area contributed by atoms with Crippen LogP contribution in [0, 0.1) is 0 Å². The highest BCUT2D eigenvalue weighted by Crippen LogP contribution is 2.19. The van der Waals surface area contributed by atoms with Gasteiger partial charge in [0.05, 0.1) is 13.2 Å². The lowest BCUT2D eigenvalue weighted by Gasteiger charge is -2.09. The lowest BCUT2D eigenvalue weighted by atomic mass is 10.0. The van der Waals surface area contributed by atoms with Crippen molar-refractivity contribution in [3.8, 4) is 11.1 Å². The van der Waals surface area contributed by atoms with Gasteiger partial charge in [-0.25, -0.2) is 0 Å². The first kappa shape index (κ1) is 19.3. The standard InChI is InChI=1S/C23H22N2O3/c1-28-16-17-6-5-9-21(14-17)25-22(26)15-24-23(27)20-12-10-19(11-13-20)18-7-3-2-4-8-18/h2-14H,15-16H2,1H3,(H,24,27)(H,25,26). The largest absolute Gasteiger partial charge is 0.380 e. The van der Waals surface area contributed by atoms with Crippen molar-refractivity contribution in [3.05, 3.63) is 90.0 Å². The van der Waals surface area contributed by atoms with Crippen LogP contribution in [0.3, 0.4) is 0 Å². The van der Waals surface area contributed by atoms with Gasteiger partial charge in [0.15, 0.2) is 0 Å². The summed E-state index contributed by atoms with van der Waals surface area (Å²) in [6.07, 6.45) is 0. The summed E-state index contributed by atoms with van der Waals surface area (Å²) in [4.78, 5) is 24.4. The first-order valence-electron chi connectivity index (χ1n) is 8.97. The average molecular weight is 374 g/mol. The van der Waals surface area contributed by atoms with Gasteiger partial charge in [0.25, 0.3) is 5.91 Å². The molecule has 0 saturated heterocycles. The summed E-state index contributed by atoms with van der Waals surface area (Å²) >= 11 is 0. The average Bonchev–Trinajstić information content (AvgIpc) is 2.73. The fourth-order valence-corrected chi connectivity index (χ4v) is 2.82. The van der Waals surface area contributed by atoms with Gasteiger partial charge in [-0.15, -0.1) is 0 Å². The van der Waals surface area contributed by atoms with Crippen LogP contribution in [0.2, 0.25) is 0 Å². The second-order valence-electron chi connectivity index (χ2n) is 6.31. The summed E-state index contributed by atoms with van der Waals surface area (Å²) in [6.45, 7) is 0.368. The van der Waals surface area contributed by atoms with Crippen molar-refractivity contribution >= 4 is 17.5 Å². The molecule has 0 saturated carbocycles. The van der Waals surface area contributed by atoms with E-state index in [4.69, 9.17) is 4.74 Å². The van der Waals surface area contributed by atoms with Crippen LogP contribution in [0.1, 0.15) is 15.9 Å². The normalized spacial score (nSPS) is 10.3.